The van der Waals surface area contributed by atoms with Gasteiger partial charge in [0.1, 0.15) is 0 Å². The molecule has 0 spiro atoms. The van der Waals surface area contributed by atoms with Gasteiger partial charge in [0.05, 0.1) is 18.6 Å². The summed E-state index contributed by atoms with van der Waals surface area (Å²) in [4.78, 5) is 12.5. The van der Waals surface area contributed by atoms with Crippen molar-refractivity contribution in [2.45, 2.75) is 38.7 Å². The predicted octanol–water partition coefficient (Wildman–Crippen LogP) is 2.41. The van der Waals surface area contributed by atoms with Crippen molar-refractivity contribution in [2.24, 2.45) is 17.3 Å². The second kappa shape index (κ2) is 5.67. The minimum absolute atomic E-state index is 0.0894. The first kappa shape index (κ1) is 15.5. The Balaban J connectivity index is 2.13. The zero-order valence-electron chi connectivity index (χ0n) is 13.2. The Bertz CT molecular complexity index is 570. The molecule has 0 heterocycles. The molecule has 0 bridgehead atoms. The van der Waals surface area contributed by atoms with Crippen molar-refractivity contribution in [3.63, 3.8) is 0 Å². The maximum Gasteiger partial charge on any atom is 0.312 e. The Kier molecular flexibility index (Phi) is 4.00. The number of esters is 1. The number of carbonyl (C=O) groups is 1. The molecule has 0 aromatic heterocycles. The van der Waals surface area contributed by atoms with E-state index in [1.54, 1.807) is 6.92 Å². The van der Waals surface area contributed by atoms with E-state index in [4.69, 9.17) is 4.74 Å². The lowest BCUT2D eigenvalue weighted by atomic mass is 9.58. The van der Waals surface area contributed by atoms with Crippen LogP contribution in [0.3, 0.4) is 0 Å². The molecule has 2 N–H and O–H groups in total. The van der Waals surface area contributed by atoms with E-state index < -0.39 is 12.0 Å². The van der Waals surface area contributed by atoms with Gasteiger partial charge < -0.3 is 14.9 Å². The molecule has 3 rings (SSSR count). The van der Waals surface area contributed by atoms with Crippen LogP contribution in [0.4, 0.5) is 0 Å². The van der Waals surface area contributed by atoms with Crippen LogP contribution in [0.2, 0.25) is 0 Å². The van der Waals surface area contributed by atoms with Gasteiger partial charge in [0, 0.05) is 6.61 Å². The van der Waals surface area contributed by atoms with Gasteiger partial charge >= 0.3 is 5.97 Å². The minimum atomic E-state index is -0.839. The minimum Gasteiger partial charge on any atom is -0.466 e. The average Bonchev–Trinajstić information content (AvgIpc) is 2.85. The van der Waals surface area contributed by atoms with Crippen molar-refractivity contribution in [1.82, 2.24) is 0 Å². The van der Waals surface area contributed by atoms with Crippen molar-refractivity contribution >= 4 is 5.97 Å². The maximum absolute atomic E-state index is 12.5. The van der Waals surface area contributed by atoms with Gasteiger partial charge in [-0.05, 0) is 48.1 Å². The summed E-state index contributed by atoms with van der Waals surface area (Å²) in [6.45, 7) is 4.27. The molecule has 4 nitrogen and oxygen atoms in total. The number of aliphatic hydroxyl groups is 2. The summed E-state index contributed by atoms with van der Waals surface area (Å²) in [5, 5.41) is 20.6. The molecular weight excluding hydrogens is 280 g/mol. The van der Waals surface area contributed by atoms with Gasteiger partial charge in [0.25, 0.3) is 0 Å². The van der Waals surface area contributed by atoms with Gasteiger partial charge in [0.15, 0.2) is 0 Å². The molecule has 2 aliphatic carbocycles. The summed E-state index contributed by atoms with van der Waals surface area (Å²) in [5.41, 5.74) is 1.52. The molecule has 1 aromatic rings. The molecule has 0 radical (unpaired) electrons. The molecule has 4 heteroatoms. The van der Waals surface area contributed by atoms with Crippen LogP contribution >= 0.6 is 0 Å². The molecule has 120 valence electrons. The van der Waals surface area contributed by atoms with Crippen LogP contribution in [-0.2, 0) is 9.53 Å². The number of rotatable bonds is 3. The van der Waals surface area contributed by atoms with Gasteiger partial charge in [-0.15, -0.1) is 0 Å². The Labute approximate surface area is 131 Å². The number of ether oxygens (including phenoxy) is 1. The van der Waals surface area contributed by atoms with E-state index in [0.29, 0.717) is 6.61 Å². The number of carbonyl (C=O) groups excluding carboxylic acids is 1. The summed E-state index contributed by atoms with van der Waals surface area (Å²) in [6, 6.07) is 7.76. The third-order valence-electron chi connectivity index (χ3n) is 5.69. The first-order valence-electron chi connectivity index (χ1n) is 8.09. The SMILES string of the molecule is CCOC(=O)[C@H]1[C@H](O)c2ccccc2[C@@H]2[C@@H](CO)CC[C@]21C. The van der Waals surface area contributed by atoms with Gasteiger partial charge in [-0.3, -0.25) is 4.79 Å². The van der Waals surface area contributed by atoms with E-state index >= 15 is 0 Å². The van der Waals surface area contributed by atoms with Gasteiger partial charge in [0.2, 0.25) is 0 Å². The van der Waals surface area contributed by atoms with Gasteiger partial charge in [-0.25, -0.2) is 0 Å². The number of fused-ring (bicyclic) bond motifs is 3. The molecule has 0 aliphatic heterocycles. The number of hydrogen-bond donors (Lipinski definition) is 2. The standard InChI is InChI=1S/C18H24O4/c1-3-22-17(21)15-16(20)13-7-5-4-6-12(13)14-11(10-19)8-9-18(14,15)2/h4-7,11,14-16,19-20H,3,8-10H2,1-2H3/t11-,14+,15-,16-,18-/m1/s1. The maximum atomic E-state index is 12.5. The van der Waals surface area contributed by atoms with Crippen molar-refractivity contribution < 1.29 is 19.7 Å². The molecule has 0 saturated heterocycles. The zero-order valence-corrected chi connectivity index (χ0v) is 13.2. The van der Waals surface area contributed by atoms with Crippen molar-refractivity contribution in [2.75, 3.05) is 13.2 Å². The van der Waals surface area contributed by atoms with E-state index in [1.807, 2.05) is 24.3 Å². The summed E-state index contributed by atoms with van der Waals surface area (Å²) in [5.74, 6) is -0.665. The molecule has 0 amide bonds. The second-order valence-electron chi connectivity index (χ2n) is 6.77. The molecular formula is C18H24O4. The monoisotopic (exact) mass is 304 g/mol. The quantitative estimate of drug-likeness (QED) is 0.842. The van der Waals surface area contributed by atoms with E-state index in [2.05, 4.69) is 6.92 Å². The lowest BCUT2D eigenvalue weighted by Crippen LogP contribution is -2.45. The third-order valence-corrected chi connectivity index (χ3v) is 5.69. The summed E-state index contributed by atoms with van der Waals surface area (Å²) < 4.78 is 5.25. The molecule has 5 atom stereocenters. The number of hydrogen-bond acceptors (Lipinski definition) is 4. The first-order chi connectivity index (χ1) is 10.5. The van der Waals surface area contributed by atoms with E-state index in [0.717, 1.165) is 24.0 Å². The molecule has 2 aliphatic rings. The Morgan fingerprint density at radius 2 is 2.05 bits per heavy atom. The van der Waals surface area contributed by atoms with Crippen LogP contribution < -0.4 is 0 Å². The average molecular weight is 304 g/mol. The summed E-state index contributed by atoms with van der Waals surface area (Å²) >= 11 is 0. The van der Waals surface area contributed by atoms with Crippen molar-refractivity contribution in [3.8, 4) is 0 Å². The fourth-order valence-corrected chi connectivity index (χ4v) is 4.75. The molecule has 22 heavy (non-hydrogen) atoms. The smallest absolute Gasteiger partial charge is 0.312 e. The fourth-order valence-electron chi connectivity index (χ4n) is 4.75. The van der Waals surface area contributed by atoms with E-state index in [9.17, 15) is 15.0 Å². The van der Waals surface area contributed by atoms with Crippen LogP contribution in [0.15, 0.2) is 24.3 Å². The zero-order chi connectivity index (χ0) is 15.9. The molecule has 1 aromatic carbocycles. The molecule has 0 unspecified atom stereocenters. The first-order valence-corrected chi connectivity index (χ1v) is 8.09. The van der Waals surface area contributed by atoms with Gasteiger partial charge in [-0.1, -0.05) is 31.2 Å². The highest BCUT2D eigenvalue weighted by Crippen LogP contribution is 2.63. The second-order valence-corrected chi connectivity index (χ2v) is 6.77. The lowest BCUT2D eigenvalue weighted by Gasteiger charge is -2.47. The Morgan fingerprint density at radius 1 is 1.36 bits per heavy atom. The lowest BCUT2D eigenvalue weighted by molar-refractivity contribution is -0.161. The third kappa shape index (κ3) is 2.09. The summed E-state index contributed by atoms with van der Waals surface area (Å²) in [6.07, 6.45) is 0.848. The highest BCUT2D eigenvalue weighted by atomic mass is 16.5. The largest absolute Gasteiger partial charge is 0.466 e. The highest BCUT2D eigenvalue weighted by Gasteiger charge is 2.58. The number of aliphatic hydroxyl groups excluding tert-OH is 2. The van der Waals surface area contributed by atoms with Crippen molar-refractivity contribution in [1.29, 1.82) is 0 Å². The van der Waals surface area contributed by atoms with E-state index in [-0.39, 0.29) is 29.8 Å². The normalized spacial score (nSPS) is 36.5. The van der Waals surface area contributed by atoms with Crippen LogP contribution in [0.1, 0.15) is 49.8 Å². The van der Waals surface area contributed by atoms with Gasteiger partial charge in [-0.2, -0.15) is 0 Å². The molecule has 1 fully saturated rings. The predicted molar refractivity (Wildman–Crippen MR) is 82.2 cm³/mol. The van der Waals surface area contributed by atoms with Crippen LogP contribution in [0.25, 0.3) is 0 Å². The van der Waals surface area contributed by atoms with Crippen LogP contribution in [0, 0.1) is 17.3 Å². The summed E-state index contributed by atoms with van der Waals surface area (Å²) in [7, 11) is 0. The van der Waals surface area contributed by atoms with Crippen molar-refractivity contribution in [3.05, 3.63) is 35.4 Å². The Morgan fingerprint density at radius 3 is 2.68 bits per heavy atom. The highest BCUT2D eigenvalue weighted by molar-refractivity contribution is 5.76. The fraction of sp³-hybridized carbons (Fsp3) is 0.611. The number of benzene rings is 1. The van der Waals surface area contributed by atoms with Crippen LogP contribution in [0.5, 0.6) is 0 Å². The Hall–Kier alpha value is -1.39. The topological polar surface area (TPSA) is 66.8 Å². The molecule has 1 saturated carbocycles. The van der Waals surface area contributed by atoms with Crippen LogP contribution in [-0.4, -0.2) is 29.4 Å². The van der Waals surface area contributed by atoms with E-state index in [1.165, 1.54) is 0 Å².